The third-order valence-electron chi connectivity index (χ3n) is 4.91. The Morgan fingerprint density at radius 2 is 1.84 bits per heavy atom. The van der Waals surface area contributed by atoms with E-state index in [0.717, 1.165) is 34.1 Å². The van der Waals surface area contributed by atoms with Gasteiger partial charge in [0.05, 0.1) is 5.60 Å². The Kier molecular flexibility index (Phi) is 3.74. The number of pyridine rings is 1. The van der Waals surface area contributed by atoms with E-state index in [1.165, 1.54) is 5.56 Å². The number of nitrogens with one attached hydrogen (secondary N) is 1. The van der Waals surface area contributed by atoms with Gasteiger partial charge in [-0.05, 0) is 48.1 Å². The summed E-state index contributed by atoms with van der Waals surface area (Å²) in [5.41, 5.74) is 3.56. The van der Waals surface area contributed by atoms with Crippen molar-refractivity contribution >= 4 is 10.8 Å². The minimum atomic E-state index is -0.539. The van der Waals surface area contributed by atoms with Gasteiger partial charge in [-0.2, -0.15) is 0 Å². The molecule has 4 nitrogen and oxygen atoms in total. The van der Waals surface area contributed by atoms with E-state index in [-0.39, 0.29) is 5.56 Å². The molecule has 2 aromatic carbocycles. The standard InChI is InChI=1S/C21H22N2O2/c1-14-4-3-5-17-18(14)10-19(22-20(17)24)16-8-6-15(7-9-16)11-23-12-21(2,25)13-23/h3-10,25H,11-13H2,1-2H3,(H,22,24). The third kappa shape index (κ3) is 3.11. The number of hydrogen-bond acceptors (Lipinski definition) is 3. The number of rotatable bonds is 3. The third-order valence-corrected chi connectivity index (χ3v) is 4.91. The second-order valence-corrected chi connectivity index (χ2v) is 7.39. The van der Waals surface area contributed by atoms with Gasteiger partial charge in [0.25, 0.3) is 5.56 Å². The van der Waals surface area contributed by atoms with E-state index in [0.29, 0.717) is 13.1 Å². The lowest BCUT2D eigenvalue weighted by atomic mass is 9.96. The normalized spacial score (nSPS) is 16.8. The van der Waals surface area contributed by atoms with E-state index in [9.17, 15) is 9.90 Å². The fourth-order valence-corrected chi connectivity index (χ4v) is 3.67. The Bertz CT molecular complexity index is 979. The van der Waals surface area contributed by atoms with E-state index >= 15 is 0 Å². The molecule has 4 heteroatoms. The maximum absolute atomic E-state index is 12.4. The number of fused-ring (bicyclic) bond motifs is 1. The molecule has 2 heterocycles. The second kappa shape index (κ2) is 5.83. The summed E-state index contributed by atoms with van der Waals surface area (Å²) in [7, 11) is 0. The van der Waals surface area contributed by atoms with Crippen molar-refractivity contribution in [3.8, 4) is 11.3 Å². The van der Waals surface area contributed by atoms with Gasteiger partial charge in [-0.25, -0.2) is 0 Å². The molecule has 0 spiro atoms. The minimum Gasteiger partial charge on any atom is -0.388 e. The number of aromatic nitrogens is 1. The van der Waals surface area contributed by atoms with Gasteiger partial charge in [0.1, 0.15) is 0 Å². The van der Waals surface area contributed by atoms with Crippen LogP contribution in [0.4, 0.5) is 0 Å². The van der Waals surface area contributed by atoms with Crippen molar-refractivity contribution in [2.75, 3.05) is 13.1 Å². The molecule has 3 aromatic rings. The zero-order valence-electron chi connectivity index (χ0n) is 14.5. The summed E-state index contributed by atoms with van der Waals surface area (Å²) in [4.78, 5) is 17.6. The summed E-state index contributed by atoms with van der Waals surface area (Å²) in [6.45, 7) is 6.16. The van der Waals surface area contributed by atoms with Crippen molar-refractivity contribution in [1.29, 1.82) is 0 Å². The van der Waals surface area contributed by atoms with Gasteiger partial charge in [-0.3, -0.25) is 9.69 Å². The number of nitrogens with zero attached hydrogens (tertiary/aromatic N) is 1. The van der Waals surface area contributed by atoms with Crippen LogP contribution in [-0.4, -0.2) is 33.7 Å². The van der Waals surface area contributed by atoms with Gasteiger partial charge in [0.15, 0.2) is 0 Å². The van der Waals surface area contributed by atoms with E-state index in [1.54, 1.807) is 0 Å². The van der Waals surface area contributed by atoms with E-state index in [4.69, 9.17) is 0 Å². The van der Waals surface area contributed by atoms with Crippen molar-refractivity contribution in [2.45, 2.75) is 26.0 Å². The number of H-pyrrole nitrogens is 1. The number of aromatic amines is 1. The molecule has 1 aliphatic heterocycles. The summed E-state index contributed by atoms with van der Waals surface area (Å²) >= 11 is 0. The highest BCUT2D eigenvalue weighted by atomic mass is 16.3. The van der Waals surface area contributed by atoms with Crippen LogP contribution >= 0.6 is 0 Å². The van der Waals surface area contributed by atoms with Crippen LogP contribution in [-0.2, 0) is 6.54 Å². The molecule has 2 N–H and O–H groups in total. The highest BCUT2D eigenvalue weighted by Gasteiger charge is 2.35. The Morgan fingerprint density at radius 3 is 2.52 bits per heavy atom. The lowest BCUT2D eigenvalue weighted by Crippen LogP contribution is -2.59. The zero-order chi connectivity index (χ0) is 17.6. The lowest BCUT2D eigenvalue weighted by molar-refractivity contribution is -0.0871. The van der Waals surface area contributed by atoms with Crippen molar-refractivity contribution in [2.24, 2.45) is 0 Å². The molecule has 1 aromatic heterocycles. The molecule has 0 atom stereocenters. The first kappa shape index (κ1) is 16.1. The number of aryl methyl sites for hydroxylation is 1. The molecule has 0 radical (unpaired) electrons. The van der Waals surface area contributed by atoms with E-state index in [2.05, 4.69) is 22.0 Å². The SMILES string of the molecule is Cc1cccc2c(=O)[nH]c(-c3ccc(CN4CC(C)(O)C4)cc3)cc12. The Morgan fingerprint density at radius 1 is 1.12 bits per heavy atom. The molecule has 4 rings (SSSR count). The molecule has 0 aliphatic carbocycles. The summed E-state index contributed by atoms with van der Waals surface area (Å²) in [6, 6.07) is 16.1. The summed E-state index contributed by atoms with van der Waals surface area (Å²) in [5, 5.41) is 11.5. The van der Waals surface area contributed by atoms with Crippen molar-refractivity contribution in [3.05, 3.63) is 70.0 Å². The number of β-amino-alcohol motifs (C(OH)–C–C–N with tert-alkyl or cyclic N) is 1. The van der Waals surface area contributed by atoms with Crippen LogP contribution in [0.25, 0.3) is 22.0 Å². The van der Waals surface area contributed by atoms with E-state index < -0.39 is 5.60 Å². The Labute approximate surface area is 146 Å². The van der Waals surface area contributed by atoms with Crippen LogP contribution in [0, 0.1) is 6.92 Å². The van der Waals surface area contributed by atoms with Crippen molar-refractivity contribution in [3.63, 3.8) is 0 Å². The maximum atomic E-state index is 12.4. The first-order valence-electron chi connectivity index (χ1n) is 8.58. The zero-order valence-corrected chi connectivity index (χ0v) is 14.5. The molecule has 25 heavy (non-hydrogen) atoms. The molecular formula is C21H22N2O2. The van der Waals surface area contributed by atoms with Crippen molar-refractivity contribution < 1.29 is 5.11 Å². The van der Waals surface area contributed by atoms with Crippen LogP contribution in [0.1, 0.15) is 18.1 Å². The molecule has 1 aliphatic rings. The monoisotopic (exact) mass is 334 g/mol. The Balaban J connectivity index is 1.61. The topological polar surface area (TPSA) is 56.3 Å². The molecule has 0 saturated carbocycles. The molecule has 1 fully saturated rings. The molecular weight excluding hydrogens is 312 g/mol. The summed E-state index contributed by atoms with van der Waals surface area (Å²) < 4.78 is 0. The molecule has 0 unspecified atom stereocenters. The second-order valence-electron chi connectivity index (χ2n) is 7.39. The molecule has 0 amide bonds. The average Bonchev–Trinajstić information content (AvgIpc) is 2.55. The quantitative estimate of drug-likeness (QED) is 0.774. The van der Waals surface area contributed by atoms with Crippen molar-refractivity contribution in [1.82, 2.24) is 9.88 Å². The van der Waals surface area contributed by atoms with Crippen LogP contribution in [0.5, 0.6) is 0 Å². The van der Waals surface area contributed by atoms with Crippen LogP contribution in [0.3, 0.4) is 0 Å². The fraction of sp³-hybridized carbons (Fsp3) is 0.286. The fourth-order valence-electron chi connectivity index (χ4n) is 3.67. The predicted molar refractivity (Wildman–Crippen MR) is 101 cm³/mol. The lowest BCUT2D eigenvalue weighted by Gasteiger charge is -2.44. The first-order chi connectivity index (χ1) is 11.9. The largest absolute Gasteiger partial charge is 0.388 e. The number of benzene rings is 2. The number of aliphatic hydroxyl groups is 1. The summed E-state index contributed by atoms with van der Waals surface area (Å²) in [6.07, 6.45) is 0. The molecule has 0 bridgehead atoms. The van der Waals surface area contributed by atoms with Gasteiger partial charge >= 0.3 is 0 Å². The number of likely N-dealkylation sites (tertiary alicyclic amines) is 1. The highest BCUT2D eigenvalue weighted by Crippen LogP contribution is 2.25. The number of hydrogen-bond donors (Lipinski definition) is 2. The first-order valence-corrected chi connectivity index (χ1v) is 8.58. The summed E-state index contributed by atoms with van der Waals surface area (Å²) in [5.74, 6) is 0. The average molecular weight is 334 g/mol. The van der Waals surface area contributed by atoms with Crippen LogP contribution in [0.2, 0.25) is 0 Å². The maximum Gasteiger partial charge on any atom is 0.256 e. The van der Waals surface area contributed by atoms with Gasteiger partial charge in [0.2, 0.25) is 0 Å². The smallest absolute Gasteiger partial charge is 0.256 e. The molecule has 1 saturated heterocycles. The van der Waals surface area contributed by atoms with Crippen LogP contribution < -0.4 is 5.56 Å². The van der Waals surface area contributed by atoms with Gasteiger partial charge in [-0.1, -0.05) is 36.4 Å². The highest BCUT2D eigenvalue weighted by molar-refractivity contribution is 5.87. The van der Waals surface area contributed by atoms with Crippen LogP contribution in [0.15, 0.2) is 53.3 Å². The predicted octanol–water partition coefficient (Wildman–Crippen LogP) is 3.07. The van der Waals surface area contributed by atoms with E-state index in [1.807, 2.05) is 50.2 Å². The van der Waals surface area contributed by atoms with Gasteiger partial charge in [-0.15, -0.1) is 0 Å². The minimum absolute atomic E-state index is 0.0527. The Hall–Kier alpha value is -2.43. The van der Waals surface area contributed by atoms with Gasteiger partial charge in [0, 0.05) is 30.7 Å². The molecule has 128 valence electrons. The van der Waals surface area contributed by atoms with Gasteiger partial charge < -0.3 is 10.1 Å².